The third kappa shape index (κ3) is 4.06. The van der Waals surface area contributed by atoms with Gasteiger partial charge in [-0.3, -0.25) is 0 Å². The molecular formula is C30H2N30. The molecule has 0 aliphatic carbocycles. The van der Waals surface area contributed by atoms with E-state index in [1.54, 1.807) is 0 Å². The van der Waals surface area contributed by atoms with Crippen molar-refractivity contribution in [3.8, 4) is 0 Å². The van der Waals surface area contributed by atoms with Crippen LogP contribution in [0.5, 0.6) is 0 Å². The Balaban J connectivity index is 0.675. The molecule has 0 spiro atoms. The minimum Gasteiger partial charge on any atom is -0.213 e. The highest BCUT2D eigenvalue weighted by molar-refractivity contribution is 6.45. The van der Waals surface area contributed by atoms with Gasteiger partial charge in [0.2, 0.25) is 160 Å². The van der Waals surface area contributed by atoms with Crippen LogP contribution in [0.1, 0.15) is 0 Å². The molecule has 30 heteroatoms. The van der Waals surface area contributed by atoms with E-state index in [1.165, 1.54) is 12.7 Å². The fourth-order valence-electron chi connectivity index (χ4n) is 6.43. The summed E-state index contributed by atoms with van der Waals surface area (Å²) in [5.41, 5.74) is 2.50. The summed E-state index contributed by atoms with van der Waals surface area (Å²) in [6.45, 7) is 0. The molecule has 5 aromatic rings. The van der Waals surface area contributed by atoms with Crippen molar-refractivity contribution in [1.29, 1.82) is 0 Å². The number of hydrogen-bond acceptors (Lipinski definition) is 30. The summed E-state index contributed by atoms with van der Waals surface area (Å²) in [6.07, 6.45) is 2.74. The molecule has 0 saturated carbocycles. The topological polar surface area (TPSA) is 376 Å². The van der Waals surface area contributed by atoms with Gasteiger partial charge < -0.3 is 0 Å². The highest BCUT2D eigenvalue weighted by Gasteiger charge is 2.29. The second-order valence-electron chi connectivity index (χ2n) is 12.7. The lowest BCUT2D eigenvalue weighted by Gasteiger charge is -1.89. The van der Waals surface area contributed by atoms with Gasteiger partial charge >= 0.3 is 0 Å². The lowest BCUT2D eigenvalue weighted by atomic mass is 10.5. The van der Waals surface area contributed by atoms with E-state index in [4.69, 9.17) is 0 Å². The van der Waals surface area contributed by atoms with Crippen LogP contribution in [-0.4, -0.2) is 109 Å². The van der Waals surface area contributed by atoms with Crippen LogP contribution in [0, 0.1) is 0 Å². The molecule has 0 atom stereocenters. The van der Waals surface area contributed by atoms with Crippen molar-refractivity contribution in [3.05, 3.63) is 54.9 Å². The van der Waals surface area contributed by atoms with Crippen molar-refractivity contribution in [1.82, 2.24) is 49.8 Å². The largest absolute Gasteiger partial charge is 0.213 e. The van der Waals surface area contributed by atoms with E-state index in [0.29, 0.717) is 22.6 Å². The smallest absolute Gasteiger partial charge is 0.202 e. The van der Waals surface area contributed by atoms with Crippen LogP contribution >= 0.6 is 0 Å². The maximum Gasteiger partial charge on any atom is 0.202 e. The van der Waals surface area contributed by atoms with Crippen LogP contribution in [0.2, 0.25) is 0 Å². The maximum atomic E-state index is 4.51. The number of aromatic nitrogens is 10. The first kappa shape index (κ1) is 29.4. The van der Waals surface area contributed by atoms with Gasteiger partial charge in [-0.1, -0.05) is 0 Å². The van der Waals surface area contributed by atoms with Crippen molar-refractivity contribution >= 4 is 118 Å². The normalized spacial score (nSPS) is 18.0. The molecule has 10 aliphatic rings. The predicted molar refractivity (Wildman–Crippen MR) is 195 cm³/mol. The SMILES string of the molecule is C1=Nc2nc3c(nc2=N1)N=C(C1=Nc2nc4c(nc2=N1)N=C(C1=Nc2nc5c(nc2=N1)N=C(C1=Nc2nc6c(nc2=N1)N=C(C1=Nc2nc7c(nc2=N1)N=CN=7)N=6)N=5)N=4)N=3. The molecular weight excluding hydrogens is 781 g/mol. The molecule has 0 aromatic carbocycles. The zero-order valence-corrected chi connectivity index (χ0v) is 28.6. The quantitative estimate of drug-likeness (QED) is 0.166. The third-order valence-electron chi connectivity index (χ3n) is 9.03. The van der Waals surface area contributed by atoms with Crippen LogP contribution in [0.3, 0.4) is 0 Å². The average molecular weight is 783 g/mol. The molecule has 0 fully saturated rings. The van der Waals surface area contributed by atoms with Gasteiger partial charge in [0.05, 0.1) is 0 Å². The number of nitrogens with zero attached hydrogens (tertiary/aromatic N) is 30. The number of hydrogen-bond donors (Lipinski definition) is 0. The molecule has 0 bridgehead atoms. The van der Waals surface area contributed by atoms with E-state index in [9.17, 15) is 0 Å². The second kappa shape index (κ2) is 10.1. The highest BCUT2D eigenvalue weighted by atomic mass is 15.3. The standard InChI is InChI=1S/C30H2N30/c1-31-3-4(32-1)36-8-7(35-3)39-11(40-8)13-43-15-16(44-13)48-20-19(47-15)51-23(52-20)25-55-27-28(56-25)60-30-29(59-27)57-26(58-30)24-53-21-22(54-24)50-18-17(49-21)45-14(46-18)12-41-9-10(42-12)38-6-5(37-9)33-2-34-6/h1-2H. The molecule has 15 rings (SSSR count). The highest BCUT2D eigenvalue weighted by Crippen LogP contribution is 2.20. The number of rotatable bonds is 4. The molecule has 0 N–H and O–H groups in total. The Bertz CT molecular complexity index is 3950. The summed E-state index contributed by atoms with van der Waals surface area (Å²) >= 11 is 0. The molecule has 0 amide bonds. The van der Waals surface area contributed by atoms with Crippen LogP contribution in [-0.2, 0) is 0 Å². The van der Waals surface area contributed by atoms with Gasteiger partial charge in [-0.25, -0.2) is 150 Å². The summed E-state index contributed by atoms with van der Waals surface area (Å²) in [6, 6.07) is 0. The molecule has 60 heavy (non-hydrogen) atoms. The fourth-order valence-corrected chi connectivity index (χ4v) is 6.43. The Morgan fingerprint density at radius 1 is 0.183 bits per heavy atom. The lowest BCUT2D eigenvalue weighted by Crippen LogP contribution is -2.18. The van der Waals surface area contributed by atoms with Crippen LogP contribution in [0.4, 0.5) is 58.2 Å². The van der Waals surface area contributed by atoms with E-state index in [1.807, 2.05) is 0 Å². The average Bonchev–Trinajstić information content (AvgIpc) is 4.07. The van der Waals surface area contributed by atoms with Crippen LogP contribution < -0.4 is 54.9 Å². The molecule has 15 heterocycles. The molecule has 30 nitrogen and oxygen atoms in total. The van der Waals surface area contributed by atoms with Crippen molar-refractivity contribution < 1.29 is 0 Å². The van der Waals surface area contributed by atoms with E-state index in [2.05, 4.69) is 150 Å². The van der Waals surface area contributed by atoms with Crippen molar-refractivity contribution in [2.75, 3.05) is 0 Å². The first-order chi connectivity index (χ1) is 29.5. The minimum atomic E-state index is 0.145. The maximum absolute atomic E-state index is 4.51. The van der Waals surface area contributed by atoms with Gasteiger partial charge in [-0.15, -0.1) is 0 Å². The Morgan fingerprint density at radius 3 is 0.583 bits per heavy atom. The van der Waals surface area contributed by atoms with Crippen molar-refractivity contribution in [3.63, 3.8) is 0 Å². The van der Waals surface area contributed by atoms with E-state index in [-0.39, 0.29) is 137 Å². The summed E-state index contributed by atoms with van der Waals surface area (Å²) in [5.74, 6) is 3.86. The number of aliphatic imine (C=N–C) groups is 10. The Morgan fingerprint density at radius 2 is 0.367 bits per heavy atom. The van der Waals surface area contributed by atoms with Gasteiger partial charge in [0.1, 0.15) is 12.7 Å². The number of fused-ring (bicyclic) bond motifs is 10. The predicted octanol–water partition coefficient (Wildman–Crippen LogP) is -5.67. The van der Waals surface area contributed by atoms with Gasteiger partial charge in [0.15, 0.2) is 0 Å². The fraction of sp³-hybridized carbons (Fsp3) is 0. The molecule has 0 saturated heterocycles. The van der Waals surface area contributed by atoms with Gasteiger partial charge in [-0.05, 0) is 0 Å². The molecule has 10 aliphatic heterocycles. The molecule has 272 valence electrons. The summed E-state index contributed by atoms with van der Waals surface area (Å²) < 4.78 is 0. The monoisotopic (exact) mass is 782 g/mol. The zero-order valence-electron chi connectivity index (χ0n) is 28.6. The van der Waals surface area contributed by atoms with Crippen LogP contribution in [0.25, 0.3) is 0 Å². The number of amidine groups is 8. The van der Waals surface area contributed by atoms with Crippen molar-refractivity contribution in [2.45, 2.75) is 0 Å². The molecule has 5 aromatic heterocycles. The summed E-state index contributed by atoms with van der Waals surface area (Å²) in [4.78, 5) is 132. The Labute approximate surface area is 321 Å². The first-order valence-corrected chi connectivity index (χ1v) is 17.1. The molecule has 0 unspecified atom stereocenters. The summed E-state index contributed by atoms with van der Waals surface area (Å²) in [5, 5.41) is 0. The minimum absolute atomic E-state index is 0.145. The van der Waals surface area contributed by atoms with Gasteiger partial charge in [-0.2, -0.15) is 0 Å². The van der Waals surface area contributed by atoms with Crippen molar-refractivity contribution in [2.24, 2.45) is 99.8 Å². The molecule has 0 radical (unpaired) electrons. The lowest BCUT2D eigenvalue weighted by molar-refractivity contribution is 1.05. The zero-order chi connectivity index (χ0) is 38.8. The van der Waals surface area contributed by atoms with E-state index < -0.39 is 0 Å². The Kier molecular flexibility index (Phi) is 4.94. The third-order valence-corrected chi connectivity index (χ3v) is 9.03. The van der Waals surface area contributed by atoms with Gasteiger partial charge in [0.25, 0.3) is 0 Å². The van der Waals surface area contributed by atoms with E-state index in [0.717, 1.165) is 0 Å². The second-order valence-corrected chi connectivity index (χ2v) is 12.7. The Hall–Kier alpha value is -9.90. The summed E-state index contributed by atoms with van der Waals surface area (Å²) in [7, 11) is 0. The van der Waals surface area contributed by atoms with Gasteiger partial charge in [0, 0.05) is 0 Å². The van der Waals surface area contributed by atoms with E-state index >= 15 is 0 Å². The van der Waals surface area contributed by atoms with Crippen LogP contribution in [0.15, 0.2) is 99.8 Å². The first-order valence-electron chi connectivity index (χ1n) is 17.1.